The van der Waals surface area contributed by atoms with Crippen LogP contribution < -0.4 is 5.32 Å². The minimum absolute atomic E-state index is 0.0292. The number of thioether (sulfide) groups is 1. The third-order valence-corrected chi connectivity index (χ3v) is 3.82. The smallest absolute Gasteiger partial charge is 0.220 e. The maximum Gasteiger partial charge on any atom is 0.220 e. The van der Waals surface area contributed by atoms with E-state index < -0.39 is 0 Å². The van der Waals surface area contributed by atoms with E-state index in [1.165, 1.54) is 0 Å². The van der Waals surface area contributed by atoms with E-state index in [1.54, 1.807) is 11.8 Å². The zero-order valence-electron chi connectivity index (χ0n) is 10.1. The van der Waals surface area contributed by atoms with Crippen molar-refractivity contribution in [3.05, 3.63) is 0 Å². The van der Waals surface area contributed by atoms with Crippen LogP contribution >= 0.6 is 11.8 Å². The molecule has 0 spiro atoms. The first-order valence-corrected chi connectivity index (χ1v) is 6.76. The standard InChI is InChI=1S/C11H23NO2S/c1-5-8(2)6-11(14)12-9(3)10(7-13)15-4/h8-10,13H,5-7H2,1-4H3,(H,12,14). The highest BCUT2D eigenvalue weighted by atomic mass is 32.2. The van der Waals surface area contributed by atoms with E-state index in [0.717, 1.165) is 6.42 Å². The fourth-order valence-electron chi connectivity index (χ4n) is 1.30. The molecule has 0 aromatic rings. The van der Waals surface area contributed by atoms with Gasteiger partial charge >= 0.3 is 0 Å². The second kappa shape index (κ2) is 7.99. The molecule has 0 bridgehead atoms. The average molecular weight is 233 g/mol. The second-order valence-corrected chi connectivity index (χ2v) is 5.11. The predicted octanol–water partition coefficient (Wildman–Crippen LogP) is 1.65. The highest BCUT2D eigenvalue weighted by molar-refractivity contribution is 7.99. The van der Waals surface area contributed by atoms with Crippen LogP contribution in [0.2, 0.25) is 0 Å². The van der Waals surface area contributed by atoms with Gasteiger partial charge < -0.3 is 10.4 Å². The zero-order chi connectivity index (χ0) is 11.8. The number of rotatable bonds is 7. The van der Waals surface area contributed by atoms with Gasteiger partial charge in [0.15, 0.2) is 0 Å². The number of hydrogen-bond acceptors (Lipinski definition) is 3. The van der Waals surface area contributed by atoms with E-state index in [-0.39, 0.29) is 23.8 Å². The number of nitrogens with one attached hydrogen (secondary N) is 1. The fraction of sp³-hybridized carbons (Fsp3) is 0.909. The first-order valence-electron chi connectivity index (χ1n) is 5.48. The van der Waals surface area contributed by atoms with E-state index in [2.05, 4.69) is 19.2 Å². The Balaban J connectivity index is 3.94. The van der Waals surface area contributed by atoms with Crippen LogP contribution in [0.4, 0.5) is 0 Å². The molecule has 3 unspecified atom stereocenters. The molecule has 3 nitrogen and oxygen atoms in total. The maximum absolute atomic E-state index is 11.6. The molecule has 0 rings (SSSR count). The van der Waals surface area contributed by atoms with Gasteiger partial charge in [0.1, 0.15) is 0 Å². The molecular weight excluding hydrogens is 210 g/mol. The molecule has 0 saturated heterocycles. The Bertz CT molecular complexity index is 183. The molecule has 0 saturated carbocycles. The third kappa shape index (κ3) is 6.05. The fourth-order valence-corrected chi connectivity index (χ4v) is 1.93. The van der Waals surface area contributed by atoms with E-state index in [0.29, 0.717) is 12.3 Å². The molecule has 0 aromatic carbocycles. The summed E-state index contributed by atoms with van der Waals surface area (Å²) >= 11 is 1.58. The van der Waals surface area contributed by atoms with Crippen LogP contribution in [0.5, 0.6) is 0 Å². The molecule has 0 aromatic heterocycles. The minimum Gasteiger partial charge on any atom is -0.395 e. The van der Waals surface area contributed by atoms with Gasteiger partial charge in [-0.2, -0.15) is 11.8 Å². The van der Waals surface area contributed by atoms with Crippen LogP contribution in [-0.4, -0.2) is 35.2 Å². The Kier molecular flexibility index (Phi) is 7.88. The number of amides is 1. The van der Waals surface area contributed by atoms with Crippen LogP contribution in [0.3, 0.4) is 0 Å². The lowest BCUT2D eigenvalue weighted by atomic mass is 10.0. The van der Waals surface area contributed by atoms with Crippen molar-refractivity contribution in [2.24, 2.45) is 5.92 Å². The number of hydrogen-bond donors (Lipinski definition) is 2. The van der Waals surface area contributed by atoms with E-state index in [1.807, 2.05) is 13.2 Å². The Morgan fingerprint density at radius 3 is 2.47 bits per heavy atom. The first-order chi connectivity index (χ1) is 7.04. The summed E-state index contributed by atoms with van der Waals surface area (Å²) in [7, 11) is 0. The Labute approximate surface area is 97.0 Å². The molecule has 0 aliphatic heterocycles. The van der Waals surface area contributed by atoms with Crippen molar-refractivity contribution in [1.29, 1.82) is 0 Å². The van der Waals surface area contributed by atoms with Crippen molar-refractivity contribution in [3.8, 4) is 0 Å². The van der Waals surface area contributed by atoms with Crippen molar-refractivity contribution < 1.29 is 9.90 Å². The molecular formula is C11H23NO2S. The molecule has 15 heavy (non-hydrogen) atoms. The molecule has 0 radical (unpaired) electrons. The lowest BCUT2D eigenvalue weighted by molar-refractivity contribution is -0.122. The van der Waals surface area contributed by atoms with Crippen LogP contribution in [0.15, 0.2) is 0 Å². The van der Waals surface area contributed by atoms with Gasteiger partial charge in [0.25, 0.3) is 0 Å². The molecule has 4 heteroatoms. The largest absolute Gasteiger partial charge is 0.395 e. The topological polar surface area (TPSA) is 49.3 Å². The average Bonchev–Trinajstić information content (AvgIpc) is 2.19. The van der Waals surface area contributed by atoms with Gasteiger partial charge in [0.2, 0.25) is 5.91 Å². The molecule has 3 atom stereocenters. The zero-order valence-corrected chi connectivity index (χ0v) is 10.9. The number of aliphatic hydroxyl groups is 1. The summed E-state index contributed by atoms with van der Waals surface area (Å²) in [5.41, 5.74) is 0. The highest BCUT2D eigenvalue weighted by Gasteiger charge is 2.17. The van der Waals surface area contributed by atoms with Crippen molar-refractivity contribution in [2.75, 3.05) is 12.9 Å². The quantitative estimate of drug-likeness (QED) is 0.703. The van der Waals surface area contributed by atoms with E-state index in [4.69, 9.17) is 5.11 Å². The van der Waals surface area contributed by atoms with Crippen molar-refractivity contribution in [1.82, 2.24) is 5.32 Å². The van der Waals surface area contributed by atoms with Crippen molar-refractivity contribution in [2.45, 2.75) is 44.9 Å². The van der Waals surface area contributed by atoms with Crippen LogP contribution in [-0.2, 0) is 4.79 Å². The van der Waals surface area contributed by atoms with E-state index >= 15 is 0 Å². The minimum atomic E-state index is 0.0292. The third-order valence-electron chi connectivity index (χ3n) is 2.66. The summed E-state index contributed by atoms with van der Waals surface area (Å²) in [5.74, 6) is 0.517. The van der Waals surface area contributed by atoms with Gasteiger partial charge in [0.05, 0.1) is 6.61 Å². The van der Waals surface area contributed by atoms with Gasteiger partial charge in [-0.3, -0.25) is 4.79 Å². The van der Waals surface area contributed by atoms with Crippen molar-refractivity contribution >= 4 is 17.7 Å². The lowest BCUT2D eigenvalue weighted by Crippen LogP contribution is -2.41. The molecule has 0 heterocycles. The van der Waals surface area contributed by atoms with Gasteiger partial charge in [-0.25, -0.2) is 0 Å². The molecule has 0 aliphatic carbocycles. The summed E-state index contributed by atoms with van der Waals surface area (Å²) in [5, 5.41) is 12.1. The van der Waals surface area contributed by atoms with Crippen LogP contribution in [0.1, 0.15) is 33.6 Å². The summed E-state index contributed by atoms with van der Waals surface area (Å²) < 4.78 is 0. The number of carbonyl (C=O) groups is 1. The monoisotopic (exact) mass is 233 g/mol. The van der Waals surface area contributed by atoms with Crippen molar-refractivity contribution in [3.63, 3.8) is 0 Å². The Morgan fingerprint density at radius 1 is 1.47 bits per heavy atom. The van der Waals surface area contributed by atoms with Gasteiger partial charge in [-0.15, -0.1) is 0 Å². The summed E-state index contributed by atoms with van der Waals surface area (Å²) in [6.07, 6.45) is 3.54. The SMILES string of the molecule is CCC(C)CC(=O)NC(C)C(CO)SC. The summed E-state index contributed by atoms with van der Waals surface area (Å²) in [4.78, 5) is 11.6. The second-order valence-electron chi connectivity index (χ2n) is 4.03. The van der Waals surface area contributed by atoms with Gasteiger partial charge in [-0.05, 0) is 19.1 Å². The molecule has 0 fully saturated rings. The number of carbonyl (C=O) groups excluding carboxylic acids is 1. The lowest BCUT2D eigenvalue weighted by Gasteiger charge is -2.22. The van der Waals surface area contributed by atoms with Gasteiger partial charge in [0, 0.05) is 17.7 Å². The van der Waals surface area contributed by atoms with Crippen LogP contribution in [0, 0.1) is 5.92 Å². The molecule has 0 aliphatic rings. The first kappa shape index (κ1) is 14.8. The summed E-state index contributed by atoms with van der Waals surface area (Å²) in [6, 6.07) is 0.0292. The normalized spacial score (nSPS) is 16.9. The predicted molar refractivity (Wildman–Crippen MR) is 66.1 cm³/mol. The summed E-state index contributed by atoms with van der Waals surface area (Å²) in [6.45, 7) is 6.19. The molecule has 90 valence electrons. The Hall–Kier alpha value is -0.220. The van der Waals surface area contributed by atoms with Crippen LogP contribution in [0.25, 0.3) is 0 Å². The Morgan fingerprint density at radius 2 is 2.07 bits per heavy atom. The molecule has 2 N–H and O–H groups in total. The van der Waals surface area contributed by atoms with Gasteiger partial charge in [-0.1, -0.05) is 20.3 Å². The molecule has 1 amide bonds. The maximum atomic E-state index is 11.6. The van der Waals surface area contributed by atoms with E-state index in [9.17, 15) is 4.79 Å². The number of aliphatic hydroxyl groups excluding tert-OH is 1. The highest BCUT2D eigenvalue weighted by Crippen LogP contribution is 2.11.